The second-order valence-electron chi connectivity index (χ2n) is 5.09. The van der Waals surface area contributed by atoms with Crippen LogP contribution in [0.2, 0.25) is 19.6 Å². The molecule has 1 fully saturated rings. The molecule has 0 bridgehead atoms. The van der Waals surface area contributed by atoms with Gasteiger partial charge in [0.2, 0.25) is 0 Å². The van der Waals surface area contributed by atoms with E-state index in [0.717, 1.165) is 0 Å². The molecule has 1 aliphatic rings. The maximum absolute atomic E-state index is 2.45. The number of hydrogen-bond donors (Lipinski definition) is 0. The Balaban J connectivity index is 2.45. The van der Waals surface area contributed by atoms with E-state index in [-0.39, 0.29) is 0 Å². The Bertz CT molecular complexity index is 349. The molecule has 74 valence electrons. The Hall–Kier alpha value is -0.823. The van der Waals surface area contributed by atoms with Crippen LogP contribution < -0.4 is 0 Å². The monoisotopic (exact) mass is 202 g/mol. The lowest BCUT2D eigenvalue weighted by molar-refractivity contribution is 1.50. The highest BCUT2D eigenvalue weighted by molar-refractivity contribution is 6.93. The van der Waals surface area contributed by atoms with Crippen molar-refractivity contribution in [2.75, 3.05) is 0 Å². The van der Waals surface area contributed by atoms with Gasteiger partial charge in [-0.1, -0.05) is 60.7 Å². The predicted molar refractivity (Wildman–Crippen MR) is 65.9 cm³/mol. The van der Waals surface area contributed by atoms with Gasteiger partial charge in [0.1, 0.15) is 0 Å². The maximum atomic E-state index is 2.45. The Morgan fingerprint density at radius 1 is 1.00 bits per heavy atom. The molecule has 0 amide bonds. The van der Waals surface area contributed by atoms with Gasteiger partial charge in [0, 0.05) is 0 Å². The lowest BCUT2D eigenvalue weighted by atomic mass is 10.2. The van der Waals surface area contributed by atoms with Crippen LogP contribution in [-0.2, 0) is 0 Å². The lowest BCUT2D eigenvalue weighted by Crippen LogP contribution is -2.22. The Morgan fingerprint density at radius 3 is 2.00 bits per heavy atom. The molecular formula is C13H18Si. The number of rotatable bonds is 2. The average Bonchev–Trinajstić information content (AvgIpc) is 2.88. The number of hydrogen-bond acceptors (Lipinski definition) is 0. The van der Waals surface area contributed by atoms with Gasteiger partial charge in [-0.05, 0) is 18.4 Å². The molecule has 0 unspecified atom stereocenters. The predicted octanol–water partition coefficient (Wildman–Crippen LogP) is 4.11. The van der Waals surface area contributed by atoms with Crippen molar-refractivity contribution in [2.45, 2.75) is 32.5 Å². The van der Waals surface area contributed by atoms with Crippen LogP contribution in [0.15, 0.2) is 35.9 Å². The van der Waals surface area contributed by atoms with Gasteiger partial charge in [-0.2, -0.15) is 0 Å². The van der Waals surface area contributed by atoms with Gasteiger partial charge in [-0.25, -0.2) is 0 Å². The van der Waals surface area contributed by atoms with Crippen molar-refractivity contribution in [3.8, 4) is 0 Å². The van der Waals surface area contributed by atoms with Crippen LogP contribution in [0.25, 0.3) is 5.20 Å². The summed E-state index contributed by atoms with van der Waals surface area (Å²) in [5.41, 5.74) is 3.19. The number of allylic oxidation sites excluding steroid dienone is 1. The first-order chi connectivity index (χ1) is 6.59. The van der Waals surface area contributed by atoms with Crippen LogP contribution in [0.1, 0.15) is 18.4 Å². The Labute approximate surface area is 87.7 Å². The zero-order valence-corrected chi connectivity index (χ0v) is 10.3. The minimum Gasteiger partial charge on any atom is -0.0697 e. The fourth-order valence-electron chi connectivity index (χ4n) is 2.08. The largest absolute Gasteiger partial charge is 0.0783 e. The van der Waals surface area contributed by atoms with Crippen LogP contribution in [0, 0.1) is 0 Å². The van der Waals surface area contributed by atoms with Crippen molar-refractivity contribution in [1.29, 1.82) is 0 Å². The van der Waals surface area contributed by atoms with Crippen molar-refractivity contribution in [2.24, 2.45) is 0 Å². The van der Waals surface area contributed by atoms with Crippen molar-refractivity contribution in [1.82, 2.24) is 0 Å². The molecule has 1 heteroatoms. The molecule has 0 aliphatic heterocycles. The summed E-state index contributed by atoms with van der Waals surface area (Å²) in [6.07, 6.45) is 2.68. The molecule has 0 heterocycles. The maximum Gasteiger partial charge on any atom is 0.0783 e. The van der Waals surface area contributed by atoms with Crippen molar-refractivity contribution in [3.05, 3.63) is 41.5 Å². The second kappa shape index (κ2) is 3.39. The van der Waals surface area contributed by atoms with E-state index in [1.807, 2.05) is 0 Å². The van der Waals surface area contributed by atoms with E-state index in [2.05, 4.69) is 50.0 Å². The molecule has 1 aliphatic carbocycles. The molecule has 0 spiro atoms. The molecule has 1 saturated carbocycles. The average molecular weight is 202 g/mol. The van der Waals surface area contributed by atoms with Crippen molar-refractivity contribution in [3.63, 3.8) is 0 Å². The molecule has 0 radical (unpaired) electrons. The van der Waals surface area contributed by atoms with Crippen molar-refractivity contribution < 1.29 is 0 Å². The standard InChI is InChI=1S/C13H18Si/c1-14(2,3)13(12-9-10-12)11-7-5-4-6-8-11/h4-8H,9-10H2,1-3H3. The zero-order chi connectivity index (χ0) is 10.2. The fraction of sp³-hybridized carbons (Fsp3) is 0.385. The van der Waals surface area contributed by atoms with E-state index in [0.29, 0.717) is 0 Å². The van der Waals surface area contributed by atoms with Crippen LogP contribution in [0.4, 0.5) is 0 Å². The first-order valence-electron chi connectivity index (χ1n) is 5.37. The molecule has 0 atom stereocenters. The molecular weight excluding hydrogens is 184 g/mol. The third-order valence-corrected chi connectivity index (χ3v) is 4.81. The van der Waals surface area contributed by atoms with Crippen LogP contribution >= 0.6 is 0 Å². The first kappa shape index (κ1) is 9.72. The van der Waals surface area contributed by atoms with Crippen LogP contribution in [0.3, 0.4) is 0 Å². The van der Waals surface area contributed by atoms with Crippen LogP contribution in [-0.4, -0.2) is 8.07 Å². The highest BCUT2D eigenvalue weighted by atomic mass is 28.3. The summed E-state index contributed by atoms with van der Waals surface area (Å²) in [6.45, 7) is 7.34. The quantitative estimate of drug-likeness (QED) is 0.633. The van der Waals surface area contributed by atoms with E-state index in [1.165, 1.54) is 18.4 Å². The van der Waals surface area contributed by atoms with Gasteiger partial charge < -0.3 is 0 Å². The lowest BCUT2D eigenvalue weighted by Gasteiger charge is -2.21. The van der Waals surface area contributed by atoms with Gasteiger partial charge in [0.25, 0.3) is 0 Å². The van der Waals surface area contributed by atoms with E-state index in [1.54, 1.807) is 10.8 Å². The highest BCUT2D eigenvalue weighted by Gasteiger charge is 2.28. The molecule has 0 saturated heterocycles. The number of benzene rings is 1. The molecule has 2 rings (SSSR count). The van der Waals surface area contributed by atoms with E-state index in [4.69, 9.17) is 0 Å². The molecule has 1 aromatic rings. The highest BCUT2D eigenvalue weighted by Crippen LogP contribution is 2.40. The molecule has 0 nitrogen and oxygen atoms in total. The molecule has 1 aromatic carbocycles. The van der Waals surface area contributed by atoms with Gasteiger partial charge >= 0.3 is 0 Å². The normalized spacial score (nSPS) is 15.5. The van der Waals surface area contributed by atoms with Gasteiger partial charge in [0.15, 0.2) is 0 Å². The molecule has 14 heavy (non-hydrogen) atoms. The van der Waals surface area contributed by atoms with Gasteiger partial charge in [0.05, 0.1) is 8.07 Å². The minimum absolute atomic E-state index is 1.15. The fourth-order valence-corrected chi connectivity index (χ4v) is 4.43. The topological polar surface area (TPSA) is 0 Å². The van der Waals surface area contributed by atoms with E-state index >= 15 is 0 Å². The van der Waals surface area contributed by atoms with Gasteiger partial charge in [-0.15, -0.1) is 0 Å². The Morgan fingerprint density at radius 2 is 1.57 bits per heavy atom. The Kier molecular flexibility index (Phi) is 2.36. The van der Waals surface area contributed by atoms with Gasteiger partial charge in [-0.3, -0.25) is 0 Å². The minimum atomic E-state index is -1.15. The van der Waals surface area contributed by atoms with Crippen molar-refractivity contribution >= 4 is 13.3 Å². The van der Waals surface area contributed by atoms with E-state index in [9.17, 15) is 0 Å². The summed E-state index contributed by atoms with van der Waals surface area (Å²) in [4.78, 5) is 0. The first-order valence-corrected chi connectivity index (χ1v) is 8.87. The third kappa shape index (κ3) is 1.98. The second-order valence-corrected chi connectivity index (χ2v) is 10.1. The smallest absolute Gasteiger partial charge is 0.0697 e. The van der Waals surface area contributed by atoms with Crippen LogP contribution in [0.5, 0.6) is 0 Å². The summed E-state index contributed by atoms with van der Waals surface area (Å²) >= 11 is 0. The van der Waals surface area contributed by atoms with E-state index < -0.39 is 8.07 Å². The summed E-state index contributed by atoms with van der Waals surface area (Å²) in [7, 11) is -1.15. The molecule has 0 N–H and O–H groups in total. The summed E-state index contributed by atoms with van der Waals surface area (Å²) < 4.78 is 0. The molecule has 0 aromatic heterocycles. The summed E-state index contributed by atoms with van der Waals surface area (Å²) in [5.74, 6) is 0. The third-order valence-electron chi connectivity index (χ3n) is 2.67. The zero-order valence-electron chi connectivity index (χ0n) is 9.30. The summed E-state index contributed by atoms with van der Waals surface area (Å²) in [6, 6.07) is 10.9. The summed E-state index contributed by atoms with van der Waals surface area (Å²) in [5, 5.41) is 1.71. The SMILES string of the molecule is C[Si](C)(C)C(=C1CC1)c1ccccc1.